The van der Waals surface area contributed by atoms with Gasteiger partial charge in [-0.05, 0) is 51.0 Å². The number of hydrogen-bond acceptors (Lipinski definition) is 6. The van der Waals surface area contributed by atoms with Gasteiger partial charge in [-0.3, -0.25) is 24.8 Å². The van der Waals surface area contributed by atoms with E-state index in [1.54, 1.807) is 12.1 Å². The third-order valence-corrected chi connectivity index (χ3v) is 5.88. The average Bonchev–Trinajstić information content (AvgIpc) is 2.71. The Morgan fingerprint density at radius 1 is 1.17 bits per heavy atom. The number of nitrogens with one attached hydrogen (secondary N) is 1. The SMILES string of the molecule is CCOC(=O)CN1CCC(N2CCN(c3ccc(C(=N)N)cc3)C(=O)C2C)CC1.Cl. The first-order valence-corrected chi connectivity index (χ1v) is 10.3. The van der Waals surface area contributed by atoms with E-state index in [0.717, 1.165) is 38.2 Å². The van der Waals surface area contributed by atoms with Gasteiger partial charge < -0.3 is 15.4 Å². The van der Waals surface area contributed by atoms with E-state index in [1.807, 2.05) is 30.9 Å². The highest BCUT2D eigenvalue weighted by Crippen LogP contribution is 2.26. The fourth-order valence-electron chi connectivity index (χ4n) is 4.26. The Labute approximate surface area is 184 Å². The molecular formula is C21H32ClN5O3. The zero-order valence-corrected chi connectivity index (χ0v) is 18.5. The van der Waals surface area contributed by atoms with Gasteiger partial charge >= 0.3 is 5.97 Å². The van der Waals surface area contributed by atoms with Crippen LogP contribution in [0.2, 0.25) is 0 Å². The Hall–Kier alpha value is -2.16. The number of nitrogen functional groups attached to an aromatic ring is 1. The highest BCUT2D eigenvalue weighted by atomic mass is 35.5. The number of ether oxygens (including phenoxy) is 1. The molecule has 166 valence electrons. The molecule has 0 saturated carbocycles. The largest absolute Gasteiger partial charge is 0.465 e. The normalized spacial score (nSPS) is 21.2. The van der Waals surface area contributed by atoms with Crippen LogP contribution in [0.4, 0.5) is 5.69 Å². The minimum atomic E-state index is -0.183. The number of nitrogens with zero attached hydrogens (tertiary/aromatic N) is 3. The van der Waals surface area contributed by atoms with Gasteiger partial charge in [0.15, 0.2) is 0 Å². The standard InChI is InChI=1S/C21H31N5O3.ClH/c1-3-29-19(27)14-24-10-8-18(9-11-24)25-12-13-26(21(28)15(25)2)17-6-4-16(5-7-17)20(22)23;/h4-7,15,18H,3,8-14H2,1-2H3,(H3,22,23);1H. The quantitative estimate of drug-likeness (QED) is 0.396. The van der Waals surface area contributed by atoms with Crippen molar-refractivity contribution in [1.29, 1.82) is 5.41 Å². The molecule has 1 atom stereocenters. The first kappa shape index (κ1) is 24.1. The molecule has 0 aliphatic carbocycles. The summed E-state index contributed by atoms with van der Waals surface area (Å²) in [5, 5.41) is 7.50. The van der Waals surface area contributed by atoms with Gasteiger partial charge in [0, 0.05) is 43.5 Å². The number of piperidine rings is 1. The number of carbonyl (C=O) groups is 2. The van der Waals surface area contributed by atoms with Crippen molar-refractivity contribution in [3.05, 3.63) is 29.8 Å². The van der Waals surface area contributed by atoms with E-state index in [1.165, 1.54) is 0 Å². The summed E-state index contributed by atoms with van der Waals surface area (Å²) in [4.78, 5) is 31.0. The molecule has 0 bridgehead atoms. The van der Waals surface area contributed by atoms with Crippen molar-refractivity contribution in [3.63, 3.8) is 0 Å². The lowest BCUT2D eigenvalue weighted by Gasteiger charge is -2.45. The molecule has 2 aliphatic heterocycles. The molecule has 0 spiro atoms. The number of nitrogens with two attached hydrogens (primary N) is 1. The van der Waals surface area contributed by atoms with Crippen LogP contribution >= 0.6 is 12.4 Å². The summed E-state index contributed by atoms with van der Waals surface area (Å²) in [5.74, 6) is -0.0463. The van der Waals surface area contributed by atoms with Crippen molar-refractivity contribution >= 4 is 35.8 Å². The molecule has 0 radical (unpaired) electrons. The van der Waals surface area contributed by atoms with Crippen molar-refractivity contribution in [3.8, 4) is 0 Å². The molecule has 9 heteroatoms. The molecule has 30 heavy (non-hydrogen) atoms. The zero-order chi connectivity index (χ0) is 21.0. The number of esters is 1. The third-order valence-electron chi connectivity index (χ3n) is 5.88. The van der Waals surface area contributed by atoms with Crippen LogP contribution < -0.4 is 10.6 Å². The summed E-state index contributed by atoms with van der Waals surface area (Å²) in [7, 11) is 0. The second-order valence-corrected chi connectivity index (χ2v) is 7.68. The van der Waals surface area contributed by atoms with Crippen molar-refractivity contribution in [2.24, 2.45) is 5.73 Å². The van der Waals surface area contributed by atoms with Gasteiger partial charge in [-0.15, -0.1) is 12.4 Å². The molecule has 1 aromatic carbocycles. The Kier molecular flexibility index (Phi) is 8.64. The first-order chi connectivity index (χ1) is 13.9. The fourth-order valence-corrected chi connectivity index (χ4v) is 4.26. The zero-order valence-electron chi connectivity index (χ0n) is 17.7. The van der Waals surface area contributed by atoms with Crippen molar-refractivity contribution < 1.29 is 14.3 Å². The molecule has 3 rings (SSSR count). The van der Waals surface area contributed by atoms with Crippen LogP contribution in [-0.4, -0.2) is 78.9 Å². The highest BCUT2D eigenvalue weighted by molar-refractivity contribution is 5.99. The van der Waals surface area contributed by atoms with Gasteiger partial charge in [0.25, 0.3) is 0 Å². The Bertz CT molecular complexity index is 750. The van der Waals surface area contributed by atoms with Crippen molar-refractivity contribution in [2.45, 2.75) is 38.8 Å². The molecular weight excluding hydrogens is 406 g/mol. The van der Waals surface area contributed by atoms with Crippen molar-refractivity contribution in [2.75, 3.05) is 44.2 Å². The molecule has 1 amide bonds. The Morgan fingerprint density at radius 3 is 2.37 bits per heavy atom. The maximum Gasteiger partial charge on any atom is 0.320 e. The molecule has 2 saturated heterocycles. The van der Waals surface area contributed by atoms with Crippen LogP contribution in [-0.2, 0) is 14.3 Å². The number of piperazine rings is 1. The monoisotopic (exact) mass is 437 g/mol. The Morgan fingerprint density at radius 2 is 1.80 bits per heavy atom. The molecule has 3 N–H and O–H groups in total. The topological polar surface area (TPSA) is 103 Å². The number of benzene rings is 1. The molecule has 1 unspecified atom stereocenters. The maximum atomic E-state index is 13.0. The maximum absolute atomic E-state index is 13.0. The average molecular weight is 438 g/mol. The number of rotatable bonds is 6. The smallest absolute Gasteiger partial charge is 0.320 e. The molecule has 2 fully saturated rings. The van der Waals surface area contributed by atoms with Crippen LogP contribution in [0.5, 0.6) is 0 Å². The van der Waals surface area contributed by atoms with Gasteiger partial charge in [-0.1, -0.05) is 0 Å². The number of amidine groups is 1. The van der Waals surface area contributed by atoms with Crippen LogP contribution in [0, 0.1) is 5.41 Å². The van der Waals surface area contributed by atoms with Gasteiger partial charge in [0.1, 0.15) is 5.84 Å². The minimum Gasteiger partial charge on any atom is -0.465 e. The van der Waals surface area contributed by atoms with Gasteiger partial charge in [0.05, 0.1) is 19.2 Å². The number of amides is 1. The molecule has 2 aliphatic rings. The Balaban J connectivity index is 0.00000320. The number of likely N-dealkylation sites (tertiary alicyclic amines) is 1. The van der Waals surface area contributed by atoms with Crippen LogP contribution in [0.3, 0.4) is 0 Å². The van der Waals surface area contributed by atoms with E-state index in [2.05, 4.69) is 9.80 Å². The van der Waals surface area contributed by atoms with Gasteiger partial charge in [-0.25, -0.2) is 0 Å². The van der Waals surface area contributed by atoms with Crippen LogP contribution in [0.25, 0.3) is 0 Å². The molecule has 1 aromatic rings. The summed E-state index contributed by atoms with van der Waals surface area (Å²) >= 11 is 0. The van der Waals surface area contributed by atoms with E-state index in [9.17, 15) is 9.59 Å². The van der Waals surface area contributed by atoms with E-state index in [-0.39, 0.29) is 36.2 Å². The second-order valence-electron chi connectivity index (χ2n) is 7.68. The predicted octanol–water partition coefficient (Wildman–Crippen LogP) is 1.46. The van der Waals surface area contributed by atoms with Gasteiger partial charge in [0.2, 0.25) is 5.91 Å². The molecule has 2 heterocycles. The number of hydrogen-bond donors (Lipinski definition) is 2. The molecule has 8 nitrogen and oxygen atoms in total. The summed E-state index contributed by atoms with van der Waals surface area (Å²) in [6.45, 7) is 7.71. The highest BCUT2D eigenvalue weighted by Gasteiger charge is 2.37. The minimum absolute atomic E-state index is 0. The number of anilines is 1. The summed E-state index contributed by atoms with van der Waals surface area (Å²) in [5.41, 5.74) is 7.01. The predicted molar refractivity (Wildman–Crippen MR) is 119 cm³/mol. The van der Waals surface area contributed by atoms with Crippen LogP contribution in [0.1, 0.15) is 32.3 Å². The van der Waals surface area contributed by atoms with Crippen molar-refractivity contribution in [1.82, 2.24) is 9.80 Å². The van der Waals surface area contributed by atoms with E-state index < -0.39 is 0 Å². The lowest BCUT2D eigenvalue weighted by molar-refractivity contribution is -0.144. The summed E-state index contributed by atoms with van der Waals surface area (Å²) in [6.07, 6.45) is 1.90. The third kappa shape index (κ3) is 5.50. The number of carbonyl (C=O) groups excluding carboxylic acids is 2. The summed E-state index contributed by atoms with van der Waals surface area (Å²) in [6, 6.07) is 7.44. The van der Waals surface area contributed by atoms with E-state index in [4.69, 9.17) is 15.9 Å². The lowest BCUT2D eigenvalue weighted by atomic mass is 9.99. The second kappa shape index (κ2) is 10.7. The summed E-state index contributed by atoms with van der Waals surface area (Å²) < 4.78 is 5.03. The fraction of sp³-hybridized carbons (Fsp3) is 0.571. The van der Waals surface area contributed by atoms with Gasteiger partial charge in [-0.2, -0.15) is 0 Å². The van der Waals surface area contributed by atoms with Crippen LogP contribution in [0.15, 0.2) is 24.3 Å². The lowest BCUT2D eigenvalue weighted by Crippen LogP contribution is -2.60. The number of halogens is 1. The van der Waals surface area contributed by atoms with E-state index >= 15 is 0 Å². The first-order valence-electron chi connectivity index (χ1n) is 10.3. The molecule has 0 aromatic heterocycles. The van der Waals surface area contributed by atoms with E-state index in [0.29, 0.717) is 31.3 Å².